The average Bonchev–Trinajstić information content (AvgIpc) is 1.96. The molecule has 2 heteroatoms. The van der Waals surface area contributed by atoms with Crippen LogP contribution in [-0.2, 0) is 0 Å². The fourth-order valence-corrected chi connectivity index (χ4v) is 2.26. The Bertz CT molecular complexity index is 251. The van der Waals surface area contributed by atoms with Crippen molar-refractivity contribution >= 4 is 0 Å². The Balaban J connectivity index is 4.84. The van der Waals surface area contributed by atoms with Gasteiger partial charge in [0.2, 0.25) is 5.79 Å². The van der Waals surface area contributed by atoms with Crippen molar-refractivity contribution in [2.24, 2.45) is 17.3 Å². The Morgan fingerprint density at radius 3 is 1.50 bits per heavy atom. The van der Waals surface area contributed by atoms with Crippen LogP contribution in [0.5, 0.6) is 0 Å². The van der Waals surface area contributed by atoms with Gasteiger partial charge in [-0.2, -0.15) is 0 Å². The Morgan fingerprint density at radius 2 is 1.25 bits per heavy atom. The molecule has 0 rings (SSSR count). The lowest BCUT2D eigenvalue weighted by Crippen LogP contribution is -2.24. The molecule has 0 fully saturated rings. The number of hydrogen-bond donors (Lipinski definition) is 2. The van der Waals surface area contributed by atoms with E-state index in [1.54, 1.807) is 0 Å². The summed E-state index contributed by atoms with van der Waals surface area (Å²) in [5, 5.41) is 18.5. The second-order valence-electron chi connectivity index (χ2n) is 6.03. The van der Waals surface area contributed by atoms with Crippen LogP contribution in [0.15, 0.2) is 0 Å². The number of hydrogen-bond acceptors (Lipinski definition) is 2. The van der Waals surface area contributed by atoms with Gasteiger partial charge in [0, 0.05) is 12.3 Å². The molecule has 0 spiro atoms. The highest BCUT2D eigenvalue weighted by molar-refractivity contribution is 5.15. The zero-order valence-corrected chi connectivity index (χ0v) is 11.5. The molecule has 0 aliphatic heterocycles. The van der Waals surface area contributed by atoms with E-state index in [0.717, 1.165) is 12.8 Å². The van der Waals surface area contributed by atoms with Crippen molar-refractivity contribution in [3.05, 3.63) is 0 Å². The first-order chi connectivity index (χ1) is 7.04. The molecule has 0 atom stereocenters. The second kappa shape index (κ2) is 5.70. The van der Waals surface area contributed by atoms with E-state index in [4.69, 9.17) is 0 Å². The van der Waals surface area contributed by atoms with Crippen molar-refractivity contribution in [2.75, 3.05) is 0 Å². The maximum absolute atomic E-state index is 9.23. The summed E-state index contributed by atoms with van der Waals surface area (Å²) in [5.41, 5.74) is -0.130. The first kappa shape index (κ1) is 15.5. The maximum atomic E-state index is 9.23. The largest absolute Gasteiger partial charge is 0.356 e. The Labute approximate surface area is 100 Å². The summed E-state index contributed by atoms with van der Waals surface area (Å²) in [6.45, 7) is 12.1. The van der Waals surface area contributed by atoms with Crippen molar-refractivity contribution in [2.45, 2.75) is 60.2 Å². The van der Waals surface area contributed by atoms with E-state index < -0.39 is 5.79 Å². The molecule has 0 aromatic rings. The average molecular weight is 226 g/mol. The molecule has 0 aliphatic carbocycles. The van der Waals surface area contributed by atoms with E-state index >= 15 is 0 Å². The molecule has 0 bridgehead atoms. The summed E-state index contributed by atoms with van der Waals surface area (Å²) < 4.78 is 0. The molecule has 0 saturated heterocycles. The summed E-state index contributed by atoms with van der Waals surface area (Å²) >= 11 is 0. The van der Waals surface area contributed by atoms with Crippen LogP contribution in [0, 0.1) is 29.1 Å². The summed E-state index contributed by atoms with van der Waals surface area (Å²) in [6.07, 6.45) is 1.96. The molecule has 0 amide bonds. The van der Waals surface area contributed by atoms with Crippen LogP contribution in [0.25, 0.3) is 0 Å². The summed E-state index contributed by atoms with van der Waals surface area (Å²) in [4.78, 5) is 0. The van der Waals surface area contributed by atoms with Crippen LogP contribution in [0.3, 0.4) is 0 Å². The van der Waals surface area contributed by atoms with Gasteiger partial charge in [-0.1, -0.05) is 33.6 Å². The first-order valence-electron chi connectivity index (χ1n) is 6.03. The van der Waals surface area contributed by atoms with E-state index in [9.17, 15) is 10.2 Å². The van der Waals surface area contributed by atoms with Gasteiger partial charge in [-0.25, -0.2) is 0 Å². The molecule has 94 valence electrons. The lowest BCUT2D eigenvalue weighted by molar-refractivity contribution is -0.0918. The highest BCUT2D eigenvalue weighted by Gasteiger charge is 2.25. The zero-order valence-electron chi connectivity index (χ0n) is 11.5. The molecular formula is C14H26O2. The molecule has 2 N–H and O–H groups in total. The topological polar surface area (TPSA) is 40.5 Å². The van der Waals surface area contributed by atoms with Gasteiger partial charge in [-0.05, 0) is 37.5 Å². The predicted octanol–water partition coefficient (Wildman–Crippen LogP) is 2.79. The van der Waals surface area contributed by atoms with E-state index in [1.165, 1.54) is 6.92 Å². The van der Waals surface area contributed by atoms with Gasteiger partial charge >= 0.3 is 0 Å². The molecule has 2 nitrogen and oxygen atoms in total. The molecule has 0 radical (unpaired) electrons. The van der Waals surface area contributed by atoms with Crippen molar-refractivity contribution in [1.82, 2.24) is 0 Å². The number of aliphatic hydroxyl groups is 2. The van der Waals surface area contributed by atoms with E-state index in [0.29, 0.717) is 11.8 Å². The Kier molecular flexibility index (Phi) is 5.52. The maximum Gasteiger partial charge on any atom is 0.225 e. The van der Waals surface area contributed by atoms with Gasteiger partial charge in [-0.15, -0.1) is 0 Å². The van der Waals surface area contributed by atoms with Gasteiger partial charge in [-0.3, -0.25) is 0 Å². The zero-order chi connectivity index (χ0) is 13.0. The Morgan fingerprint density at radius 1 is 0.875 bits per heavy atom. The highest BCUT2D eigenvalue weighted by Crippen LogP contribution is 2.32. The smallest absolute Gasteiger partial charge is 0.225 e. The van der Waals surface area contributed by atoms with Gasteiger partial charge < -0.3 is 10.2 Å². The summed E-state index contributed by atoms with van der Waals surface area (Å²) in [6, 6.07) is 0. The summed E-state index contributed by atoms with van der Waals surface area (Å²) in [7, 11) is 0. The third kappa shape index (κ3) is 7.73. The Hall–Kier alpha value is -0.520. The third-order valence-electron chi connectivity index (χ3n) is 2.32. The molecule has 16 heavy (non-hydrogen) atoms. The van der Waals surface area contributed by atoms with Crippen LogP contribution in [-0.4, -0.2) is 16.0 Å². The monoisotopic (exact) mass is 226 g/mol. The minimum absolute atomic E-state index is 0.130. The quantitative estimate of drug-likeness (QED) is 0.571. The van der Waals surface area contributed by atoms with Gasteiger partial charge in [0.1, 0.15) is 0 Å². The van der Waals surface area contributed by atoms with Crippen LogP contribution in [0.1, 0.15) is 54.4 Å². The SMILES string of the molecule is CC(C)CC(C)(C#CC(C)(O)O)CC(C)C. The molecular weight excluding hydrogens is 200 g/mol. The van der Waals surface area contributed by atoms with Gasteiger partial charge in [0.05, 0.1) is 0 Å². The first-order valence-corrected chi connectivity index (χ1v) is 6.03. The molecule has 0 aromatic heterocycles. The second-order valence-corrected chi connectivity index (χ2v) is 6.03. The van der Waals surface area contributed by atoms with Gasteiger partial charge in [0.15, 0.2) is 0 Å². The van der Waals surface area contributed by atoms with Gasteiger partial charge in [0.25, 0.3) is 0 Å². The van der Waals surface area contributed by atoms with Crippen LogP contribution in [0.2, 0.25) is 0 Å². The molecule has 0 aromatic carbocycles. The van der Waals surface area contributed by atoms with Crippen molar-refractivity contribution in [1.29, 1.82) is 0 Å². The molecule has 0 saturated carbocycles. The fraction of sp³-hybridized carbons (Fsp3) is 0.857. The fourth-order valence-electron chi connectivity index (χ4n) is 2.26. The highest BCUT2D eigenvalue weighted by atomic mass is 16.5. The van der Waals surface area contributed by atoms with Crippen LogP contribution >= 0.6 is 0 Å². The van der Waals surface area contributed by atoms with Crippen LogP contribution < -0.4 is 0 Å². The van der Waals surface area contributed by atoms with E-state index in [-0.39, 0.29) is 5.41 Å². The number of rotatable bonds is 4. The standard InChI is InChI=1S/C14H26O2/c1-11(2)9-13(5,10-12(3)4)7-8-14(6,15)16/h11-12,15-16H,9-10H2,1-6H3. The third-order valence-corrected chi connectivity index (χ3v) is 2.32. The van der Waals surface area contributed by atoms with E-state index in [1.807, 2.05) is 0 Å². The van der Waals surface area contributed by atoms with Crippen molar-refractivity contribution < 1.29 is 10.2 Å². The minimum atomic E-state index is -1.88. The minimum Gasteiger partial charge on any atom is -0.356 e. The predicted molar refractivity (Wildman–Crippen MR) is 67.6 cm³/mol. The molecule has 0 unspecified atom stereocenters. The van der Waals surface area contributed by atoms with Crippen LogP contribution in [0.4, 0.5) is 0 Å². The van der Waals surface area contributed by atoms with E-state index in [2.05, 4.69) is 46.5 Å². The van der Waals surface area contributed by atoms with Crippen molar-refractivity contribution in [3.8, 4) is 11.8 Å². The van der Waals surface area contributed by atoms with Crippen molar-refractivity contribution in [3.63, 3.8) is 0 Å². The lowest BCUT2D eigenvalue weighted by atomic mass is 9.76. The normalized spacial score (nSPS) is 12.9. The lowest BCUT2D eigenvalue weighted by Gasteiger charge is -2.28. The molecule has 0 aliphatic rings. The summed E-state index contributed by atoms with van der Waals surface area (Å²) in [5.74, 6) is 4.82. The molecule has 0 heterocycles.